The van der Waals surface area contributed by atoms with Crippen LogP contribution in [0, 0.1) is 6.92 Å². The second kappa shape index (κ2) is 6.89. The first-order valence-corrected chi connectivity index (χ1v) is 8.98. The highest BCUT2D eigenvalue weighted by Crippen LogP contribution is 2.38. The smallest absolute Gasteiger partial charge is 0.214 e. The van der Waals surface area contributed by atoms with E-state index in [4.69, 9.17) is 15.2 Å². The first kappa shape index (κ1) is 16.2. The van der Waals surface area contributed by atoms with E-state index in [1.54, 1.807) is 6.20 Å². The van der Waals surface area contributed by atoms with Gasteiger partial charge in [-0.15, -0.1) is 0 Å². The lowest BCUT2D eigenvalue weighted by Crippen LogP contribution is -2.11. The fourth-order valence-electron chi connectivity index (χ4n) is 3.82. The number of hydrogen-bond donors (Lipinski definition) is 1. The minimum absolute atomic E-state index is 0.568. The Balaban J connectivity index is 1.60. The summed E-state index contributed by atoms with van der Waals surface area (Å²) in [6.07, 6.45) is 8.25. The van der Waals surface area contributed by atoms with Crippen LogP contribution in [0.15, 0.2) is 36.0 Å². The summed E-state index contributed by atoms with van der Waals surface area (Å²) in [6, 6.07) is 6.31. The fraction of sp³-hybridized carbons (Fsp3) is 0.381. The summed E-state index contributed by atoms with van der Waals surface area (Å²) in [5, 5.41) is 0. The molecule has 1 aromatic heterocycles. The number of rotatable bonds is 4. The van der Waals surface area contributed by atoms with Gasteiger partial charge in [-0.1, -0.05) is 12.1 Å². The topological polar surface area (TPSA) is 57.4 Å². The van der Waals surface area contributed by atoms with Crippen LogP contribution in [0.25, 0.3) is 11.1 Å². The Morgan fingerprint density at radius 1 is 1.24 bits per heavy atom. The van der Waals surface area contributed by atoms with Gasteiger partial charge in [-0.25, -0.2) is 4.98 Å². The Kier molecular flexibility index (Phi) is 4.45. The van der Waals surface area contributed by atoms with Gasteiger partial charge in [0, 0.05) is 23.5 Å². The molecule has 0 bridgehead atoms. The molecule has 0 radical (unpaired) electrons. The van der Waals surface area contributed by atoms with Crippen molar-refractivity contribution in [2.45, 2.75) is 32.6 Å². The molecule has 4 rings (SSSR count). The lowest BCUT2D eigenvalue weighted by molar-refractivity contribution is 0.149. The molecule has 0 amide bonds. The molecule has 2 aliphatic rings. The minimum Gasteiger partial charge on any atom is -0.473 e. The molecule has 25 heavy (non-hydrogen) atoms. The van der Waals surface area contributed by atoms with E-state index in [0.29, 0.717) is 19.1 Å². The Labute approximate surface area is 148 Å². The molecule has 1 aliphatic carbocycles. The van der Waals surface area contributed by atoms with E-state index in [0.717, 1.165) is 42.7 Å². The fourth-order valence-corrected chi connectivity index (χ4v) is 3.82. The summed E-state index contributed by atoms with van der Waals surface area (Å²) in [7, 11) is 0. The molecule has 0 fully saturated rings. The van der Waals surface area contributed by atoms with Gasteiger partial charge in [0.1, 0.15) is 6.61 Å². The second-order valence-corrected chi connectivity index (χ2v) is 6.83. The van der Waals surface area contributed by atoms with Gasteiger partial charge in [0.05, 0.1) is 13.2 Å². The Morgan fingerprint density at radius 3 is 3.00 bits per heavy atom. The maximum Gasteiger partial charge on any atom is 0.214 e. The lowest BCUT2D eigenvalue weighted by Gasteiger charge is -2.16. The zero-order valence-corrected chi connectivity index (χ0v) is 14.7. The van der Waals surface area contributed by atoms with Gasteiger partial charge in [-0.05, 0) is 66.5 Å². The Hall–Kier alpha value is -2.33. The monoisotopic (exact) mass is 336 g/mol. The summed E-state index contributed by atoms with van der Waals surface area (Å²) in [4.78, 5) is 4.36. The standard InChI is InChI=1S/C21H24N2O2/c1-14-11-16-3-2-4-18(16)21(22)20(14)17-5-8-23-19(12-17)25-13-15-6-9-24-10-7-15/h5-6,8,11-12H,2-4,7,9-10,13,22H2,1H3. The summed E-state index contributed by atoms with van der Waals surface area (Å²) < 4.78 is 11.2. The van der Waals surface area contributed by atoms with Crippen LogP contribution in [0.5, 0.6) is 5.88 Å². The number of fused-ring (bicyclic) bond motifs is 1. The third-order valence-electron chi connectivity index (χ3n) is 5.13. The molecule has 0 saturated heterocycles. The third-order valence-corrected chi connectivity index (χ3v) is 5.13. The van der Waals surface area contributed by atoms with E-state index in [9.17, 15) is 0 Å². The third kappa shape index (κ3) is 3.27. The summed E-state index contributed by atoms with van der Waals surface area (Å²) in [6.45, 7) is 4.15. The van der Waals surface area contributed by atoms with E-state index in [1.807, 2.05) is 12.1 Å². The number of nitrogen functional groups attached to an aromatic ring is 1. The predicted molar refractivity (Wildman–Crippen MR) is 99.9 cm³/mol. The molecule has 130 valence electrons. The molecule has 2 heterocycles. The molecule has 4 nitrogen and oxygen atoms in total. The van der Waals surface area contributed by atoms with Gasteiger partial charge < -0.3 is 15.2 Å². The van der Waals surface area contributed by atoms with Gasteiger partial charge >= 0.3 is 0 Å². The quantitative estimate of drug-likeness (QED) is 0.680. The molecule has 0 spiro atoms. The van der Waals surface area contributed by atoms with E-state index >= 15 is 0 Å². The van der Waals surface area contributed by atoms with Gasteiger partial charge in [0.25, 0.3) is 0 Å². The molecule has 0 unspecified atom stereocenters. The average Bonchev–Trinajstić information content (AvgIpc) is 3.10. The van der Waals surface area contributed by atoms with Crippen molar-refractivity contribution in [3.05, 3.63) is 52.7 Å². The van der Waals surface area contributed by atoms with Gasteiger partial charge in [0.15, 0.2) is 0 Å². The number of nitrogens with two attached hydrogens (primary N) is 1. The maximum atomic E-state index is 6.52. The number of aryl methyl sites for hydroxylation is 2. The van der Waals surface area contributed by atoms with Crippen LogP contribution in [0.4, 0.5) is 5.69 Å². The largest absolute Gasteiger partial charge is 0.473 e. The van der Waals surface area contributed by atoms with Crippen LogP contribution < -0.4 is 10.5 Å². The van der Waals surface area contributed by atoms with Gasteiger partial charge in [-0.2, -0.15) is 0 Å². The molecule has 4 heteroatoms. The van der Waals surface area contributed by atoms with Gasteiger partial charge in [0.2, 0.25) is 5.88 Å². The number of nitrogens with zero attached hydrogens (tertiary/aromatic N) is 1. The predicted octanol–water partition coefficient (Wildman–Crippen LogP) is 3.85. The first-order valence-electron chi connectivity index (χ1n) is 8.98. The van der Waals surface area contributed by atoms with Crippen molar-refractivity contribution in [1.82, 2.24) is 4.98 Å². The van der Waals surface area contributed by atoms with Crippen LogP contribution in [-0.2, 0) is 17.6 Å². The van der Waals surface area contributed by atoms with Crippen molar-refractivity contribution in [2.24, 2.45) is 0 Å². The van der Waals surface area contributed by atoms with Gasteiger partial charge in [-0.3, -0.25) is 0 Å². The summed E-state index contributed by atoms with van der Waals surface area (Å²) in [5.74, 6) is 0.643. The van der Waals surface area contributed by atoms with E-state index < -0.39 is 0 Å². The van der Waals surface area contributed by atoms with Crippen molar-refractivity contribution in [3.8, 4) is 17.0 Å². The highest BCUT2D eigenvalue weighted by atomic mass is 16.5. The van der Waals surface area contributed by atoms with E-state index in [-0.39, 0.29) is 0 Å². The van der Waals surface area contributed by atoms with Crippen molar-refractivity contribution < 1.29 is 9.47 Å². The highest BCUT2D eigenvalue weighted by Gasteiger charge is 2.19. The number of hydrogen-bond acceptors (Lipinski definition) is 4. The van der Waals surface area contributed by atoms with Crippen LogP contribution >= 0.6 is 0 Å². The normalized spacial score (nSPS) is 16.4. The van der Waals surface area contributed by atoms with Crippen LogP contribution in [0.3, 0.4) is 0 Å². The number of aromatic nitrogens is 1. The summed E-state index contributed by atoms with van der Waals surface area (Å²) >= 11 is 0. The van der Waals surface area contributed by atoms with E-state index in [1.165, 1.54) is 28.7 Å². The molecular formula is C21H24N2O2. The minimum atomic E-state index is 0.568. The van der Waals surface area contributed by atoms with Crippen LogP contribution in [-0.4, -0.2) is 24.8 Å². The molecule has 2 N–H and O–H groups in total. The number of ether oxygens (including phenoxy) is 2. The first-order chi connectivity index (χ1) is 12.2. The van der Waals surface area contributed by atoms with Crippen molar-refractivity contribution in [3.63, 3.8) is 0 Å². The Bertz CT molecular complexity index is 827. The number of pyridine rings is 1. The van der Waals surface area contributed by atoms with Crippen molar-refractivity contribution >= 4 is 5.69 Å². The number of anilines is 1. The molecule has 1 aromatic carbocycles. The van der Waals surface area contributed by atoms with Crippen molar-refractivity contribution in [1.29, 1.82) is 0 Å². The Morgan fingerprint density at radius 2 is 2.16 bits per heavy atom. The average molecular weight is 336 g/mol. The number of benzene rings is 1. The molecule has 1 aliphatic heterocycles. The molecular weight excluding hydrogens is 312 g/mol. The zero-order valence-electron chi connectivity index (χ0n) is 14.7. The van der Waals surface area contributed by atoms with Crippen molar-refractivity contribution in [2.75, 3.05) is 25.6 Å². The molecule has 2 aromatic rings. The second-order valence-electron chi connectivity index (χ2n) is 6.83. The lowest BCUT2D eigenvalue weighted by atomic mass is 9.93. The van der Waals surface area contributed by atoms with E-state index in [2.05, 4.69) is 24.1 Å². The molecule has 0 atom stereocenters. The maximum absolute atomic E-state index is 6.52. The summed E-state index contributed by atoms with van der Waals surface area (Å²) in [5.41, 5.74) is 14.9. The molecule has 0 saturated carbocycles. The SMILES string of the molecule is Cc1cc2c(c(N)c1-c1ccnc(OCC3=CCOCC3)c1)CCC2. The van der Waals surface area contributed by atoms with Crippen LogP contribution in [0.2, 0.25) is 0 Å². The van der Waals surface area contributed by atoms with Crippen LogP contribution in [0.1, 0.15) is 29.5 Å². The highest BCUT2D eigenvalue weighted by molar-refractivity contribution is 5.83. The zero-order chi connectivity index (χ0) is 17.2.